The SMILES string of the molecule is C=C.CCC.CCC(C)C. The molecule has 0 spiro atoms. The largest absolute Gasteiger partial charge is 0.106 e. The molecule has 0 atom stereocenters. The third-order valence-electron chi connectivity index (χ3n) is 0.816. The van der Waals surface area contributed by atoms with Gasteiger partial charge in [0.15, 0.2) is 0 Å². The molecule has 0 heteroatoms. The van der Waals surface area contributed by atoms with Crippen molar-refractivity contribution in [2.45, 2.75) is 47.5 Å². The van der Waals surface area contributed by atoms with E-state index in [4.69, 9.17) is 0 Å². The van der Waals surface area contributed by atoms with Gasteiger partial charge in [0.25, 0.3) is 0 Å². The van der Waals surface area contributed by atoms with Crippen LogP contribution in [0.2, 0.25) is 0 Å². The minimum Gasteiger partial charge on any atom is -0.106 e. The van der Waals surface area contributed by atoms with Crippen LogP contribution in [-0.4, -0.2) is 0 Å². The first-order valence-electron chi connectivity index (χ1n) is 4.18. The Balaban J connectivity index is -0.0000000847. The molecule has 0 unspecified atom stereocenters. The van der Waals surface area contributed by atoms with Crippen LogP contribution in [0.1, 0.15) is 47.5 Å². The molecule has 0 radical (unpaired) electrons. The fraction of sp³-hybridized carbons (Fsp3) is 0.800. The van der Waals surface area contributed by atoms with E-state index in [9.17, 15) is 0 Å². The Labute approximate surface area is 67.3 Å². The molecule has 0 N–H and O–H groups in total. The molecular weight excluding hydrogens is 120 g/mol. The lowest BCUT2D eigenvalue weighted by molar-refractivity contribution is 0.626. The zero-order valence-electron chi connectivity index (χ0n) is 8.41. The number of rotatable bonds is 1. The lowest BCUT2D eigenvalue weighted by Crippen LogP contribution is -1.77. The zero-order chi connectivity index (χ0) is 8.99. The van der Waals surface area contributed by atoms with E-state index >= 15 is 0 Å². The minimum atomic E-state index is 0.884. The summed E-state index contributed by atoms with van der Waals surface area (Å²) in [5, 5.41) is 0. The molecule has 0 aromatic carbocycles. The van der Waals surface area contributed by atoms with Gasteiger partial charge in [0, 0.05) is 0 Å². The molecule has 0 aromatic heterocycles. The average molecular weight is 144 g/mol. The average Bonchev–Trinajstić information content (AvgIpc) is 1.94. The van der Waals surface area contributed by atoms with Gasteiger partial charge in [-0.1, -0.05) is 47.5 Å². The highest BCUT2D eigenvalue weighted by molar-refractivity contribution is 4.32. The molecule has 0 nitrogen and oxygen atoms in total. The normalized spacial score (nSPS) is 7.00. The third kappa shape index (κ3) is 116. The van der Waals surface area contributed by atoms with Gasteiger partial charge in [-0.3, -0.25) is 0 Å². The Morgan fingerprint density at radius 3 is 1.10 bits per heavy atom. The molecule has 64 valence electrons. The maximum atomic E-state index is 3.00. The van der Waals surface area contributed by atoms with Gasteiger partial charge >= 0.3 is 0 Å². The topological polar surface area (TPSA) is 0 Å². The van der Waals surface area contributed by atoms with Crippen LogP contribution in [0.3, 0.4) is 0 Å². The van der Waals surface area contributed by atoms with Crippen LogP contribution < -0.4 is 0 Å². The van der Waals surface area contributed by atoms with E-state index in [2.05, 4.69) is 47.8 Å². The van der Waals surface area contributed by atoms with Gasteiger partial charge in [-0.05, 0) is 5.92 Å². The Hall–Kier alpha value is -0.260. The minimum absolute atomic E-state index is 0.884. The Morgan fingerprint density at radius 1 is 1.00 bits per heavy atom. The molecule has 10 heavy (non-hydrogen) atoms. The smallest absolute Gasteiger partial charge is 0.0474 e. The summed E-state index contributed by atoms with van der Waals surface area (Å²) < 4.78 is 0. The monoisotopic (exact) mass is 144 g/mol. The highest BCUT2D eigenvalue weighted by Gasteiger charge is 1.80. The Kier molecular flexibility index (Phi) is 38.2. The molecule has 0 aliphatic rings. The van der Waals surface area contributed by atoms with Crippen LogP contribution in [0.15, 0.2) is 13.2 Å². The first-order valence-corrected chi connectivity index (χ1v) is 4.18. The number of hydrogen-bond acceptors (Lipinski definition) is 0. The van der Waals surface area contributed by atoms with Crippen molar-refractivity contribution in [3.05, 3.63) is 13.2 Å². The van der Waals surface area contributed by atoms with Gasteiger partial charge in [-0.25, -0.2) is 0 Å². The van der Waals surface area contributed by atoms with Gasteiger partial charge in [0.1, 0.15) is 0 Å². The van der Waals surface area contributed by atoms with Crippen LogP contribution in [0.5, 0.6) is 0 Å². The summed E-state index contributed by atoms with van der Waals surface area (Å²) in [6.07, 6.45) is 2.56. The zero-order valence-corrected chi connectivity index (χ0v) is 8.41. The van der Waals surface area contributed by atoms with E-state index in [1.807, 2.05) is 0 Å². The van der Waals surface area contributed by atoms with Crippen LogP contribution in [-0.2, 0) is 0 Å². The van der Waals surface area contributed by atoms with Crippen molar-refractivity contribution in [2.24, 2.45) is 5.92 Å². The quantitative estimate of drug-likeness (QED) is 0.482. The van der Waals surface area contributed by atoms with E-state index in [0.29, 0.717) is 0 Å². The second-order valence-corrected chi connectivity index (χ2v) is 2.51. The molecule has 0 rings (SSSR count). The summed E-state index contributed by atoms with van der Waals surface area (Å²) in [5.74, 6) is 0.884. The van der Waals surface area contributed by atoms with Crippen molar-refractivity contribution in [3.8, 4) is 0 Å². The number of hydrogen-bond donors (Lipinski definition) is 0. The predicted octanol–water partition coefficient (Wildman–Crippen LogP) is 4.27. The summed E-state index contributed by atoms with van der Waals surface area (Å²) in [6, 6.07) is 0. The van der Waals surface area contributed by atoms with E-state index in [-0.39, 0.29) is 0 Å². The summed E-state index contributed by atoms with van der Waals surface area (Å²) in [4.78, 5) is 0. The molecule has 0 aromatic rings. The third-order valence-corrected chi connectivity index (χ3v) is 0.816. The van der Waals surface area contributed by atoms with Crippen molar-refractivity contribution >= 4 is 0 Å². The molecule has 0 aliphatic carbocycles. The molecule has 0 saturated carbocycles. The Morgan fingerprint density at radius 2 is 1.10 bits per heavy atom. The van der Waals surface area contributed by atoms with Crippen molar-refractivity contribution < 1.29 is 0 Å². The van der Waals surface area contributed by atoms with Gasteiger partial charge in [0.2, 0.25) is 0 Å². The van der Waals surface area contributed by atoms with Gasteiger partial charge in [-0.2, -0.15) is 0 Å². The fourth-order valence-corrected chi connectivity index (χ4v) is 0. The van der Waals surface area contributed by atoms with E-state index in [1.165, 1.54) is 12.8 Å². The molecule has 0 amide bonds. The maximum absolute atomic E-state index is 3.00. The summed E-state index contributed by atoms with van der Waals surface area (Å²) in [7, 11) is 0. The van der Waals surface area contributed by atoms with Crippen LogP contribution >= 0.6 is 0 Å². The molecule has 0 saturated heterocycles. The molecule has 0 bridgehead atoms. The van der Waals surface area contributed by atoms with Crippen molar-refractivity contribution in [2.75, 3.05) is 0 Å². The summed E-state index contributed by atoms with van der Waals surface area (Å²) in [5.41, 5.74) is 0. The van der Waals surface area contributed by atoms with E-state index < -0.39 is 0 Å². The van der Waals surface area contributed by atoms with E-state index in [1.54, 1.807) is 0 Å². The molecule has 0 fully saturated rings. The lowest BCUT2D eigenvalue weighted by atomic mass is 10.2. The second-order valence-electron chi connectivity index (χ2n) is 2.51. The second kappa shape index (κ2) is 23.3. The molecular formula is C10H24. The van der Waals surface area contributed by atoms with Crippen LogP contribution in [0, 0.1) is 5.92 Å². The Bertz CT molecular complexity index is 29.0. The van der Waals surface area contributed by atoms with Crippen LogP contribution in [0.25, 0.3) is 0 Å². The first kappa shape index (κ1) is 16.4. The van der Waals surface area contributed by atoms with E-state index in [0.717, 1.165) is 5.92 Å². The van der Waals surface area contributed by atoms with Gasteiger partial charge in [0.05, 0.1) is 0 Å². The first-order chi connectivity index (χ1) is 4.68. The van der Waals surface area contributed by atoms with Gasteiger partial charge in [-0.15, -0.1) is 13.2 Å². The van der Waals surface area contributed by atoms with Crippen molar-refractivity contribution in [3.63, 3.8) is 0 Å². The van der Waals surface area contributed by atoms with Crippen molar-refractivity contribution in [1.82, 2.24) is 0 Å². The summed E-state index contributed by atoms with van der Waals surface area (Å²) >= 11 is 0. The van der Waals surface area contributed by atoms with Crippen molar-refractivity contribution in [1.29, 1.82) is 0 Å². The van der Waals surface area contributed by atoms with Crippen LogP contribution in [0.4, 0.5) is 0 Å². The predicted molar refractivity (Wildman–Crippen MR) is 52.3 cm³/mol. The standard InChI is InChI=1S/C5H12.C3H8.C2H4/c1-4-5(2)3;1-3-2;1-2/h5H,4H2,1-3H3;3H2,1-2H3;1-2H2. The maximum Gasteiger partial charge on any atom is -0.0474 e. The highest BCUT2D eigenvalue weighted by atomic mass is 13.9. The molecule has 0 aliphatic heterocycles. The molecule has 0 heterocycles. The lowest BCUT2D eigenvalue weighted by Gasteiger charge is -1.90. The highest BCUT2D eigenvalue weighted by Crippen LogP contribution is 1.93. The summed E-state index contributed by atoms with van der Waals surface area (Å²) in [6.45, 7) is 16.9. The fourth-order valence-electron chi connectivity index (χ4n) is 0. The van der Waals surface area contributed by atoms with Gasteiger partial charge < -0.3 is 0 Å².